The number of hydrogen-bond acceptors (Lipinski definition) is 5. The number of carbonyl (C=O) groups is 1. The van der Waals surface area contributed by atoms with Gasteiger partial charge in [0.15, 0.2) is 0 Å². The normalized spacial score (nSPS) is 10.8. The maximum atomic E-state index is 13.6. The molecule has 0 saturated heterocycles. The van der Waals surface area contributed by atoms with Crippen molar-refractivity contribution in [1.29, 1.82) is 0 Å². The van der Waals surface area contributed by atoms with Crippen LogP contribution in [0.15, 0.2) is 48.5 Å². The van der Waals surface area contributed by atoms with Crippen LogP contribution in [0.5, 0.6) is 5.75 Å². The molecule has 3 aromatic rings. The van der Waals surface area contributed by atoms with Crippen LogP contribution in [0.3, 0.4) is 0 Å². The van der Waals surface area contributed by atoms with Gasteiger partial charge in [0.25, 0.3) is 5.91 Å². The van der Waals surface area contributed by atoms with Crippen molar-refractivity contribution >= 4 is 34.5 Å². The predicted octanol–water partition coefficient (Wildman–Crippen LogP) is 4.11. The number of hydrogen-bond donors (Lipinski definition) is 1. The molecular formula is C18H14FN3O2S. The van der Waals surface area contributed by atoms with E-state index in [2.05, 4.69) is 15.5 Å². The molecule has 25 heavy (non-hydrogen) atoms. The highest BCUT2D eigenvalue weighted by molar-refractivity contribution is 7.16. The summed E-state index contributed by atoms with van der Waals surface area (Å²) in [4.78, 5) is 12.0. The second-order valence-corrected chi connectivity index (χ2v) is 6.00. The zero-order chi connectivity index (χ0) is 17.6. The summed E-state index contributed by atoms with van der Waals surface area (Å²) in [6.45, 7) is 0. The number of benzene rings is 2. The van der Waals surface area contributed by atoms with Crippen molar-refractivity contribution in [3.63, 3.8) is 0 Å². The lowest BCUT2D eigenvalue weighted by atomic mass is 10.2. The molecule has 7 heteroatoms. The van der Waals surface area contributed by atoms with Gasteiger partial charge in [0.1, 0.15) is 16.6 Å². The molecule has 1 amide bonds. The van der Waals surface area contributed by atoms with Crippen LogP contribution in [0.25, 0.3) is 12.2 Å². The Balaban J connectivity index is 1.66. The first kappa shape index (κ1) is 16.8. The minimum atomic E-state index is -0.579. The monoisotopic (exact) mass is 355 g/mol. The largest absolute Gasteiger partial charge is 0.497 e. The summed E-state index contributed by atoms with van der Waals surface area (Å²) in [5.74, 6) is -0.352. The van der Waals surface area contributed by atoms with E-state index in [1.54, 1.807) is 19.3 Å². The van der Waals surface area contributed by atoms with Crippen LogP contribution >= 0.6 is 11.3 Å². The Hall–Kier alpha value is -3.06. The van der Waals surface area contributed by atoms with Crippen LogP contribution in [-0.4, -0.2) is 23.2 Å². The van der Waals surface area contributed by atoms with E-state index < -0.39 is 11.7 Å². The molecule has 0 bridgehead atoms. The third-order valence-electron chi connectivity index (χ3n) is 3.31. The Bertz CT molecular complexity index is 907. The highest BCUT2D eigenvalue weighted by Crippen LogP contribution is 2.20. The molecule has 3 rings (SSSR count). The molecule has 0 aliphatic rings. The molecule has 0 fully saturated rings. The second-order valence-electron chi connectivity index (χ2n) is 4.99. The Morgan fingerprint density at radius 2 is 1.88 bits per heavy atom. The van der Waals surface area contributed by atoms with Crippen molar-refractivity contribution in [2.24, 2.45) is 0 Å². The van der Waals surface area contributed by atoms with Crippen LogP contribution in [0, 0.1) is 5.82 Å². The van der Waals surface area contributed by atoms with Gasteiger partial charge in [0.2, 0.25) is 5.13 Å². The summed E-state index contributed by atoms with van der Waals surface area (Å²) in [6, 6.07) is 13.3. The highest BCUT2D eigenvalue weighted by Gasteiger charge is 2.13. The number of halogens is 1. The SMILES string of the molecule is COc1ccc(C=Cc2nnc(NC(=O)c3ccccc3F)s2)cc1. The third kappa shape index (κ3) is 4.27. The number of amides is 1. The molecular weight excluding hydrogens is 341 g/mol. The van der Waals surface area contributed by atoms with Crippen LogP contribution < -0.4 is 10.1 Å². The van der Waals surface area contributed by atoms with E-state index in [0.29, 0.717) is 10.1 Å². The summed E-state index contributed by atoms with van der Waals surface area (Å²) in [7, 11) is 1.61. The molecule has 0 aliphatic heterocycles. The average Bonchev–Trinajstić information content (AvgIpc) is 3.08. The van der Waals surface area contributed by atoms with Gasteiger partial charge in [-0.25, -0.2) is 4.39 Å². The van der Waals surface area contributed by atoms with E-state index in [1.165, 1.54) is 29.5 Å². The summed E-state index contributed by atoms with van der Waals surface area (Å²) < 4.78 is 18.7. The Labute approximate surface area is 147 Å². The summed E-state index contributed by atoms with van der Waals surface area (Å²) in [5, 5.41) is 11.4. The van der Waals surface area contributed by atoms with Crippen LogP contribution in [-0.2, 0) is 0 Å². The van der Waals surface area contributed by atoms with Crippen LogP contribution in [0.4, 0.5) is 9.52 Å². The van der Waals surface area contributed by atoms with Gasteiger partial charge in [-0.1, -0.05) is 41.7 Å². The zero-order valence-corrected chi connectivity index (χ0v) is 14.1. The highest BCUT2D eigenvalue weighted by atomic mass is 32.1. The van der Waals surface area contributed by atoms with E-state index >= 15 is 0 Å². The molecule has 126 valence electrons. The number of nitrogens with zero attached hydrogens (tertiary/aromatic N) is 2. The minimum absolute atomic E-state index is 0.0342. The van der Waals surface area contributed by atoms with Gasteiger partial charge in [-0.15, -0.1) is 10.2 Å². The first-order valence-corrected chi connectivity index (χ1v) is 8.19. The first-order valence-electron chi connectivity index (χ1n) is 7.37. The van der Waals surface area contributed by atoms with Gasteiger partial charge in [-0.05, 0) is 35.9 Å². The summed E-state index contributed by atoms with van der Waals surface area (Å²) in [6.07, 6.45) is 3.67. The maximum Gasteiger partial charge on any atom is 0.260 e. The Kier molecular flexibility index (Phi) is 5.15. The lowest BCUT2D eigenvalue weighted by molar-refractivity contribution is 0.102. The topological polar surface area (TPSA) is 64.1 Å². The van der Waals surface area contributed by atoms with E-state index in [0.717, 1.165) is 11.3 Å². The lowest BCUT2D eigenvalue weighted by Gasteiger charge is -2.01. The van der Waals surface area contributed by atoms with Crippen LogP contribution in [0.1, 0.15) is 20.9 Å². The summed E-state index contributed by atoms with van der Waals surface area (Å²) >= 11 is 1.20. The molecule has 0 saturated carbocycles. The zero-order valence-electron chi connectivity index (χ0n) is 13.3. The predicted molar refractivity (Wildman–Crippen MR) is 96.2 cm³/mol. The molecule has 5 nitrogen and oxygen atoms in total. The second kappa shape index (κ2) is 7.67. The smallest absolute Gasteiger partial charge is 0.260 e. The van der Waals surface area contributed by atoms with Crippen LogP contribution in [0.2, 0.25) is 0 Å². The fourth-order valence-corrected chi connectivity index (χ4v) is 2.69. The minimum Gasteiger partial charge on any atom is -0.497 e. The number of carbonyl (C=O) groups excluding carboxylic acids is 1. The Morgan fingerprint density at radius 3 is 2.60 bits per heavy atom. The third-order valence-corrected chi connectivity index (χ3v) is 4.12. The molecule has 2 aromatic carbocycles. The van der Waals surface area contributed by atoms with E-state index in [-0.39, 0.29) is 5.56 Å². The fourth-order valence-electron chi connectivity index (χ4n) is 2.04. The number of anilines is 1. The Morgan fingerprint density at radius 1 is 1.12 bits per heavy atom. The van der Waals surface area contributed by atoms with Gasteiger partial charge in [0.05, 0.1) is 12.7 Å². The number of rotatable bonds is 5. The van der Waals surface area contributed by atoms with Crippen molar-refractivity contribution in [2.45, 2.75) is 0 Å². The van der Waals surface area contributed by atoms with E-state index in [9.17, 15) is 9.18 Å². The first-order chi connectivity index (χ1) is 12.2. The maximum absolute atomic E-state index is 13.6. The van der Waals surface area contributed by atoms with Gasteiger partial charge < -0.3 is 4.74 Å². The van der Waals surface area contributed by atoms with Gasteiger partial charge >= 0.3 is 0 Å². The molecule has 0 unspecified atom stereocenters. The number of ether oxygens (including phenoxy) is 1. The molecule has 1 N–H and O–H groups in total. The van der Waals surface area contributed by atoms with Gasteiger partial charge in [-0.2, -0.15) is 0 Å². The lowest BCUT2D eigenvalue weighted by Crippen LogP contribution is -2.13. The molecule has 0 atom stereocenters. The van der Waals surface area contributed by atoms with E-state index in [4.69, 9.17) is 4.74 Å². The molecule has 0 radical (unpaired) electrons. The number of methoxy groups -OCH3 is 1. The number of aromatic nitrogens is 2. The average molecular weight is 355 g/mol. The van der Waals surface area contributed by atoms with Gasteiger partial charge in [0, 0.05) is 0 Å². The standard InChI is InChI=1S/C18H14FN3O2S/c1-24-13-9-6-12(7-10-13)8-11-16-21-22-18(25-16)20-17(23)14-4-2-3-5-15(14)19/h2-11H,1H3,(H,20,22,23). The van der Waals surface area contributed by atoms with Crippen molar-refractivity contribution < 1.29 is 13.9 Å². The summed E-state index contributed by atoms with van der Waals surface area (Å²) in [5.41, 5.74) is 0.945. The molecule has 1 heterocycles. The van der Waals surface area contributed by atoms with Crippen molar-refractivity contribution in [3.8, 4) is 5.75 Å². The quantitative estimate of drug-likeness (QED) is 0.748. The van der Waals surface area contributed by atoms with E-state index in [1.807, 2.05) is 30.3 Å². The van der Waals surface area contributed by atoms with Crippen molar-refractivity contribution in [3.05, 3.63) is 70.5 Å². The number of nitrogens with one attached hydrogen (secondary N) is 1. The van der Waals surface area contributed by atoms with Crippen molar-refractivity contribution in [2.75, 3.05) is 12.4 Å². The molecule has 0 spiro atoms. The molecule has 1 aromatic heterocycles. The van der Waals surface area contributed by atoms with Crippen molar-refractivity contribution in [1.82, 2.24) is 10.2 Å². The molecule has 0 aliphatic carbocycles. The fraction of sp³-hybridized carbons (Fsp3) is 0.0556. The van der Waals surface area contributed by atoms with Gasteiger partial charge in [-0.3, -0.25) is 10.1 Å².